The number of rotatable bonds is 5. The summed E-state index contributed by atoms with van der Waals surface area (Å²) in [6.07, 6.45) is 0.651. The first-order valence-electron chi connectivity index (χ1n) is 4.42. The van der Waals surface area contributed by atoms with E-state index in [2.05, 4.69) is 0 Å². The Labute approximate surface area is 98.0 Å². The maximum Gasteiger partial charge on any atom is 0.305 e. The summed E-state index contributed by atoms with van der Waals surface area (Å²) in [7, 11) is 0. The molecule has 0 aromatic heterocycles. The molecule has 1 rings (SSSR count). The van der Waals surface area contributed by atoms with Crippen LogP contribution in [0.1, 0.15) is 6.42 Å². The van der Waals surface area contributed by atoms with Gasteiger partial charge in [0.15, 0.2) is 0 Å². The first-order valence-corrected chi connectivity index (χ1v) is 4.42. The summed E-state index contributed by atoms with van der Waals surface area (Å²) >= 11 is 0. The molecule has 0 spiro atoms. The molecule has 0 aliphatic heterocycles. The van der Waals surface area contributed by atoms with Crippen LogP contribution in [0.5, 0.6) is 5.75 Å². The lowest BCUT2D eigenvalue weighted by atomic mass is 10.3. The van der Waals surface area contributed by atoms with Crippen LogP contribution in [-0.4, -0.2) is 18.1 Å². The molecule has 0 heterocycles. The van der Waals surface area contributed by atoms with Gasteiger partial charge in [-0.05, 0) is 19.0 Å². The standard InChI is InChI=1S/C9H11FN2O3.ClH/c10-8-6-7(15-5-1-4-11)2-3-9(8)12(13)14;/h2-3,6H,1,4-5,11H2;1H. The maximum atomic E-state index is 13.1. The number of halogens is 2. The number of hydrogen-bond donors (Lipinski definition) is 1. The molecule has 0 atom stereocenters. The summed E-state index contributed by atoms with van der Waals surface area (Å²) in [4.78, 5) is 9.52. The van der Waals surface area contributed by atoms with Gasteiger partial charge in [-0.15, -0.1) is 12.4 Å². The molecule has 5 nitrogen and oxygen atoms in total. The van der Waals surface area contributed by atoms with E-state index in [0.29, 0.717) is 19.6 Å². The van der Waals surface area contributed by atoms with Crippen molar-refractivity contribution in [3.8, 4) is 5.75 Å². The fraction of sp³-hybridized carbons (Fsp3) is 0.333. The summed E-state index contributed by atoms with van der Waals surface area (Å²) < 4.78 is 18.2. The van der Waals surface area contributed by atoms with Gasteiger partial charge in [0.05, 0.1) is 11.5 Å². The molecule has 0 amide bonds. The third-order valence-electron chi connectivity index (χ3n) is 1.73. The average molecular weight is 251 g/mol. The molecule has 16 heavy (non-hydrogen) atoms. The summed E-state index contributed by atoms with van der Waals surface area (Å²) in [5, 5.41) is 10.3. The van der Waals surface area contributed by atoms with Gasteiger partial charge in [0.2, 0.25) is 5.82 Å². The zero-order valence-electron chi connectivity index (χ0n) is 8.39. The Balaban J connectivity index is 0.00000225. The minimum Gasteiger partial charge on any atom is -0.493 e. The van der Waals surface area contributed by atoms with Crippen LogP contribution >= 0.6 is 12.4 Å². The molecule has 1 aromatic rings. The highest BCUT2D eigenvalue weighted by Crippen LogP contribution is 2.22. The van der Waals surface area contributed by atoms with Crippen molar-refractivity contribution in [3.05, 3.63) is 34.1 Å². The van der Waals surface area contributed by atoms with Crippen molar-refractivity contribution in [2.24, 2.45) is 5.73 Å². The molecule has 0 aliphatic rings. The van der Waals surface area contributed by atoms with Gasteiger partial charge in [-0.2, -0.15) is 4.39 Å². The van der Waals surface area contributed by atoms with Crippen LogP contribution in [0.2, 0.25) is 0 Å². The van der Waals surface area contributed by atoms with E-state index in [1.165, 1.54) is 6.07 Å². The van der Waals surface area contributed by atoms with Crippen LogP contribution in [0, 0.1) is 15.9 Å². The summed E-state index contributed by atoms with van der Waals surface area (Å²) in [6, 6.07) is 3.43. The second-order valence-corrected chi connectivity index (χ2v) is 2.86. The van der Waals surface area contributed by atoms with Crippen molar-refractivity contribution in [1.82, 2.24) is 0 Å². The topological polar surface area (TPSA) is 78.4 Å². The van der Waals surface area contributed by atoms with Crippen molar-refractivity contribution in [2.45, 2.75) is 6.42 Å². The van der Waals surface area contributed by atoms with Crippen LogP contribution in [0.25, 0.3) is 0 Å². The first-order chi connectivity index (χ1) is 7.15. The molecule has 2 N–H and O–H groups in total. The lowest BCUT2D eigenvalue weighted by Gasteiger charge is -2.04. The number of hydrogen-bond acceptors (Lipinski definition) is 4. The summed E-state index contributed by atoms with van der Waals surface area (Å²) in [6.45, 7) is 0.850. The van der Waals surface area contributed by atoms with E-state index in [-0.39, 0.29) is 18.2 Å². The zero-order chi connectivity index (χ0) is 11.3. The van der Waals surface area contributed by atoms with Gasteiger partial charge >= 0.3 is 5.69 Å². The van der Waals surface area contributed by atoms with E-state index in [4.69, 9.17) is 10.5 Å². The first kappa shape index (κ1) is 14.6. The Bertz CT molecular complexity index is 363. The third kappa shape index (κ3) is 4.00. The number of nitro groups is 1. The molecule has 90 valence electrons. The molecule has 0 saturated carbocycles. The Morgan fingerprint density at radius 1 is 1.50 bits per heavy atom. The number of nitro benzene ring substituents is 1. The molecule has 7 heteroatoms. The Kier molecular flexibility index (Phi) is 6.36. The summed E-state index contributed by atoms with van der Waals surface area (Å²) in [5.74, 6) is -0.628. The predicted molar refractivity (Wildman–Crippen MR) is 59.5 cm³/mol. The van der Waals surface area contributed by atoms with Gasteiger partial charge in [0.1, 0.15) is 5.75 Å². The fourth-order valence-corrected chi connectivity index (χ4v) is 0.999. The van der Waals surface area contributed by atoms with E-state index < -0.39 is 16.4 Å². The van der Waals surface area contributed by atoms with Crippen LogP contribution in [0.3, 0.4) is 0 Å². The normalized spacial score (nSPS) is 9.38. The highest BCUT2D eigenvalue weighted by molar-refractivity contribution is 5.85. The Morgan fingerprint density at radius 2 is 2.19 bits per heavy atom. The largest absolute Gasteiger partial charge is 0.493 e. The SMILES string of the molecule is Cl.NCCCOc1ccc([N+](=O)[O-])c(F)c1. The van der Waals surface area contributed by atoms with Crippen molar-refractivity contribution >= 4 is 18.1 Å². The molecular formula is C9H12ClFN2O3. The molecular weight excluding hydrogens is 239 g/mol. The van der Waals surface area contributed by atoms with Gasteiger partial charge in [-0.1, -0.05) is 0 Å². The van der Waals surface area contributed by atoms with Crippen LogP contribution < -0.4 is 10.5 Å². The van der Waals surface area contributed by atoms with E-state index in [1.807, 2.05) is 0 Å². The quantitative estimate of drug-likeness (QED) is 0.492. The van der Waals surface area contributed by atoms with E-state index in [9.17, 15) is 14.5 Å². The lowest BCUT2D eigenvalue weighted by Crippen LogP contribution is -2.06. The predicted octanol–water partition coefficient (Wildman–Crippen LogP) is 1.88. The molecule has 0 saturated heterocycles. The Hall–Kier alpha value is -1.40. The van der Waals surface area contributed by atoms with Gasteiger partial charge in [-0.3, -0.25) is 10.1 Å². The highest BCUT2D eigenvalue weighted by Gasteiger charge is 2.13. The van der Waals surface area contributed by atoms with Crippen LogP contribution in [0.4, 0.5) is 10.1 Å². The second kappa shape index (κ2) is 6.97. The molecule has 0 unspecified atom stereocenters. The second-order valence-electron chi connectivity index (χ2n) is 2.86. The average Bonchev–Trinajstić information content (AvgIpc) is 2.17. The Morgan fingerprint density at radius 3 is 2.69 bits per heavy atom. The van der Waals surface area contributed by atoms with Crippen molar-refractivity contribution < 1.29 is 14.1 Å². The van der Waals surface area contributed by atoms with E-state index >= 15 is 0 Å². The third-order valence-corrected chi connectivity index (χ3v) is 1.73. The summed E-state index contributed by atoms with van der Waals surface area (Å²) in [5.41, 5.74) is 4.69. The number of benzene rings is 1. The molecule has 0 bridgehead atoms. The van der Waals surface area contributed by atoms with Gasteiger partial charge in [-0.25, -0.2) is 0 Å². The zero-order valence-corrected chi connectivity index (χ0v) is 9.21. The van der Waals surface area contributed by atoms with E-state index in [1.54, 1.807) is 0 Å². The number of nitrogens with two attached hydrogens (primary N) is 1. The highest BCUT2D eigenvalue weighted by atomic mass is 35.5. The fourth-order valence-electron chi connectivity index (χ4n) is 0.999. The van der Waals surface area contributed by atoms with Crippen molar-refractivity contribution in [2.75, 3.05) is 13.2 Å². The van der Waals surface area contributed by atoms with Crippen LogP contribution in [0.15, 0.2) is 18.2 Å². The number of ether oxygens (including phenoxy) is 1. The monoisotopic (exact) mass is 250 g/mol. The van der Waals surface area contributed by atoms with Crippen LogP contribution in [-0.2, 0) is 0 Å². The molecule has 1 aromatic carbocycles. The van der Waals surface area contributed by atoms with Gasteiger partial charge < -0.3 is 10.5 Å². The van der Waals surface area contributed by atoms with E-state index in [0.717, 1.165) is 12.1 Å². The van der Waals surface area contributed by atoms with Crippen molar-refractivity contribution in [3.63, 3.8) is 0 Å². The van der Waals surface area contributed by atoms with Crippen molar-refractivity contribution in [1.29, 1.82) is 0 Å². The minimum atomic E-state index is -0.898. The molecule has 0 fully saturated rings. The lowest BCUT2D eigenvalue weighted by molar-refractivity contribution is -0.387. The molecule has 0 radical (unpaired) electrons. The maximum absolute atomic E-state index is 13.1. The number of nitrogens with zero attached hydrogens (tertiary/aromatic N) is 1. The smallest absolute Gasteiger partial charge is 0.305 e. The minimum absolute atomic E-state index is 0. The van der Waals surface area contributed by atoms with Gasteiger partial charge in [0, 0.05) is 12.1 Å². The molecule has 0 aliphatic carbocycles. The van der Waals surface area contributed by atoms with Gasteiger partial charge in [0.25, 0.3) is 0 Å².